The van der Waals surface area contributed by atoms with E-state index in [1.807, 2.05) is 13.8 Å². The van der Waals surface area contributed by atoms with Crippen molar-refractivity contribution >= 4 is 15.8 Å². The van der Waals surface area contributed by atoms with Gasteiger partial charge >= 0.3 is 0 Å². The normalized spacial score (nSPS) is 22.6. The minimum Gasteiger partial charge on any atom is -0.298 e. The van der Waals surface area contributed by atoms with E-state index < -0.39 is 15.6 Å². The van der Waals surface area contributed by atoms with Gasteiger partial charge in [0.15, 0.2) is 0 Å². The van der Waals surface area contributed by atoms with Gasteiger partial charge in [-0.2, -0.15) is 4.31 Å². The van der Waals surface area contributed by atoms with E-state index in [4.69, 9.17) is 0 Å². The Morgan fingerprint density at radius 3 is 2.27 bits per heavy atom. The van der Waals surface area contributed by atoms with Crippen molar-refractivity contribution in [2.45, 2.75) is 39.7 Å². The van der Waals surface area contributed by atoms with Gasteiger partial charge in [0, 0.05) is 12.0 Å². The molecule has 0 saturated carbocycles. The van der Waals surface area contributed by atoms with Crippen LogP contribution in [0.5, 0.6) is 0 Å². The molecule has 0 aliphatic carbocycles. The molecule has 0 aromatic carbocycles. The van der Waals surface area contributed by atoms with Crippen LogP contribution in [0.4, 0.5) is 0 Å². The monoisotopic (exact) mass is 233 g/mol. The number of carbonyl (C=O) groups is 1. The van der Waals surface area contributed by atoms with E-state index >= 15 is 0 Å². The van der Waals surface area contributed by atoms with Crippen molar-refractivity contribution in [3.63, 3.8) is 0 Å². The van der Waals surface area contributed by atoms with Crippen LogP contribution >= 0.6 is 0 Å². The average Bonchev–Trinajstić information content (AvgIpc) is 2.21. The van der Waals surface area contributed by atoms with Crippen LogP contribution in [0.2, 0.25) is 0 Å². The van der Waals surface area contributed by atoms with E-state index in [2.05, 4.69) is 0 Å². The smallest absolute Gasteiger partial charge is 0.215 e. The summed E-state index contributed by atoms with van der Waals surface area (Å²) in [5.74, 6) is 0.206. The van der Waals surface area contributed by atoms with E-state index in [-0.39, 0.29) is 24.0 Å². The minimum absolute atomic E-state index is 0.00679. The molecule has 1 saturated heterocycles. The van der Waals surface area contributed by atoms with Crippen LogP contribution < -0.4 is 0 Å². The molecular weight excluding hydrogens is 214 g/mol. The zero-order chi connectivity index (χ0) is 11.9. The lowest BCUT2D eigenvalue weighted by Gasteiger charge is -2.30. The third-order valence-electron chi connectivity index (χ3n) is 2.50. The number of hydrogen-bond donors (Lipinski definition) is 0. The highest BCUT2D eigenvalue weighted by molar-refractivity contribution is 7.89. The summed E-state index contributed by atoms with van der Waals surface area (Å²) in [5.41, 5.74) is -0.551. The van der Waals surface area contributed by atoms with Crippen LogP contribution in [0.25, 0.3) is 0 Å². The lowest BCUT2D eigenvalue weighted by Crippen LogP contribution is -2.44. The molecule has 1 fully saturated rings. The van der Waals surface area contributed by atoms with Crippen molar-refractivity contribution in [2.75, 3.05) is 12.3 Å². The van der Waals surface area contributed by atoms with Crippen molar-refractivity contribution < 1.29 is 13.2 Å². The third kappa shape index (κ3) is 2.78. The zero-order valence-electron chi connectivity index (χ0n) is 9.78. The highest BCUT2D eigenvalue weighted by atomic mass is 32.2. The van der Waals surface area contributed by atoms with Gasteiger partial charge in [-0.15, -0.1) is 0 Å². The zero-order valence-corrected chi connectivity index (χ0v) is 10.6. The Balaban J connectivity index is 2.93. The number of Topliss-reactive ketones (excluding diaryl/α,β-unsaturated/α-hetero) is 1. The van der Waals surface area contributed by atoms with E-state index in [1.54, 1.807) is 13.8 Å². The Hall–Kier alpha value is -0.420. The van der Waals surface area contributed by atoms with Gasteiger partial charge in [-0.05, 0) is 19.8 Å². The molecule has 0 aromatic rings. The fourth-order valence-corrected chi connectivity index (χ4v) is 4.17. The maximum absolute atomic E-state index is 12.0. The number of rotatable bonds is 3. The van der Waals surface area contributed by atoms with Crippen LogP contribution in [0.1, 0.15) is 34.1 Å². The largest absolute Gasteiger partial charge is 0.298 e. The molecule has 0 radical (unpaired) electrons. The molecule has 0 N–H and O–H groups in total. The molecule has 0 unspecified atom stereocenters. The molecule has 1 aliphatic heterocycles. The van der Waals surface area contributed by atoms with Gasteiger partial charge in [0.05, 0.1) is 12.3 Å². The van der Waals surface area contributed by atoms with Crippen molar-refractivity contribution in [2.24, 2.45) is 5.92 Å². The first-order valence-corrected chi connectivity index (χ1v) is 6.78. The summed E-state index contributed by atoms with van der Waals surface area (Å²) in [6.07, 6.45) is 0.324. The Morgan fingerprint density at radius 1 is 1.40 bits per heavy atom. The van der Waals surface area contributed by atoms with Gasteiger partial charge in [0.2, 0.25) is 10.0 Å². The quantitative estimate of drug-likeness (QED) is 0.731. The summed E-state index contributed by atoms with van der Waals surface area (Å²) in [7, 11) is -3.29. The molecule has 1 heterocycles. The predicted octanol–water partition coefficient (Wildman–Crippen LogP) is 1.03. The molecule has 1 aliphatic rings. The van der Waals surface area contributed by atoms with Crippen LogP contribution in [0.3, 0.4) is 0 Å². The third-order valence-corrected chi connectivity index (χ3v) is 4.89. The van der Waals surface area contributed by atoms with E-state index in [9.17, 15) is 13.2 Å². The first-order valence-electron chi connectivity index (χ1n) is 5.17. The highest BCUT2D eigenvalue weighted by Gasteiger charge is 2.44. The van der Waals surface area contributed by atoms with Gasteiger partial charge < -0.3 is 0 Å². The fraction of sp³-hybridized carbons (Fsp3) is 0.900. The van der Waals surface area contributed by atoms with Crippen molar-refractivity contribution in [1.29, 1.82) is 0 Å². The number of nitrogens with zero attached hydrogens (tertiary/aromatic N) is 1. The second-order valence-corrected chi connectivity index (χ2v) is 7.14. The SMILES string of the molecule is CC(C)CS(=O)(=O)N1CC(=O)CC1(C)C. The van der Waals surface area contributed by atoms with Gasteiger partial charge in [0.1, 0.15) is 5.78 Å². The van der Waals surface area contributed by atoms with E-state index in [1.165, 1.54) is 4.31 Å². The molecule has 0 amide bonds. The number of ketones is 1. The maximum atomic E-state index is 12.0. The molecule has 1 rings (SSSR count). The molecule has 5 heteroatoms. The van der Waals surface area contributed by atoms with E-state index in [0.29, 0.717) is 6.42 Å². The first-order chi connectivity index (χ1) is 6.65. The molecule has 0 atom stereocenters. The second-order valence-electron chi connectivity index (χ2n) is 5.21. The Labute approximate surface area is 91.7 Å². The van der Waals surface area contributed by atoms with E-state index in [0.717, 1.165) is 0 Å². The Kier molecular flexibility index (Phi) is 3.26. The lowest BCUT2D eigenvalue weighted by atomic mass is 10.0. The summed E-state index contributed by atoms with van der Waals surface area (Å²) >= 11 is 0. The summed E-state index contributed by atoms with van der Waals surface area (Å²) in [6.45, 7) is 7.37. The summed E-state index contributed by atoms with van der Waals surface area (Å²) in [4.78, 5) is 11.3. The summed E-state index contributed by atoms with van der Waals surface area (Å²) < 4.78 is 25.3. The Morgan fingerprint density at radius 2 is 1.93 bits per heavy atom. The van der Waals surface area contributed by atoms with Crippen LogP contribution in [-0.4, -0.2) is 36.3 Å². The minimum atomic E-state index is -3.29. The first kappa shape index (κ1) is 12.6. The summed E-state index contributed by atoms with van der Waals surface area (Å²) in [6, 6.07) is 0. The van der Waals surface area contributed by atoms with Gasteiger partial charge in [-0.25, -0.2) is 8.42 Å². The van der Waals surface area contributed by atoms with Gasteiger partial charge in [-0.1, -0.05) is 13.8 Å². The lowest BCUT2D eigenvalue weighted by molar-refractivity contribution is -0.116. The fourth-order valence-electron chi connectivity index (χ4n) is 1.99. The molecule has 15 heavy (non-hydrogen) atoms. The van der Waals surface area contributed by atoms with Crippen molar-refractivity contribution in [3.05, 3.63) is 0 Å². The molecule has 88 valence electrons. The molecule has 0 spiro atoms. The molecule has 0 aromatic heterocycles. The van der Waals surface area contributed by atoms with Crippen LogP contribution in [0.15, 0.2) is 0 Å². The topological polar surface area (TPSA) is 54.5 Å². The second kappa shape index (κ2) is 3.87. The average molecular weight is 233 g/mol. The Bertz CT molecular complexity index is 357. The van der Waals surface area contributed by atoms with Gasteiger partial charge in [-0.3, -0.25) is 4.79 Å². The van der Waals surface area contributed by atoms with Gasteiger partial charge in [0.25, 0.3) is 0 Å². The van der Waals surface area contributed by atoms with Crippen LogP contribution in [0, 0.1) is 5.92 Å². The van der Waals surface area contributed by atoms with Crippen molar-refractivity contribution in [3.8, 4) is 0 Å². The number of hydrogen-bond acceptors (Lipinski definition) is 3. The summed E-state index contributed by atoms with van der Waals surface area (Å²) in [5, 5.41) is 0. The molecule has 0 bridgehead atoms. The predicted molar refractivity (Wildman–Crippen MR) is 59.0 cm³/mol. The molecule has 4 nitrogen and oxygen atoms in total. The van der Waals surface area contributed by atoms with Crippen LogP contribution in [-0.2, 0) is 14.8 Å². The number of sulfonamides is 1. The highest BCUT2D eigenvalue weighted by Crippen LogP contribution is 2.29. The number of carbonyl (C=O) groups excluding carboxylic acids is 1. The molecular formula is C10H19NO3S. The maximum Gasteiger partial charge on any atom is 0.215 e. The van der Waals surface area contributed by atoms with Crippen molar-refractivity contribution in [1.82, 2.24) is 4.31 Å². The standard InChI is InChI=1S/C10H19NO3S/c1-8(2)7-15(13,14)11-6-9(12)5-10(11,3)4/h8H,5-7H2,1-4H3.